The molecule has 0 spiro atoms. The number of carbonyl (C=O) groups excluding carboxylic acids is 1. The first-order valence-electron chi connectivity index (χ1n) is 8.81. The van der Waals surface area contributed by atoms with Gasteiger partial charge in [-0.25, -0.2) is 9.07 Å². The molecule has 2 aromatic carbocycles. The maximum absolute atomic E-state index is 13.1. The number of para-hydroxylation sites is 1. The summed E-state index contributed by atoms with van der Waals surface area (Å²) in [7, 11) is 0. The molecule has 4 rings (SSSR count). The minimum Gasteiger partial charge on any atom is -0.385 e. The van der Waals surface area contributed by atoms with Crippen molar-refractivity contribution < 1.29 is 14.3 Å². The molecule has 1 aliphatic rings. The second kappa shape index (κ2) is 6.92. The summed E-state index contributed by atoms with van der Waals surface area (Å²) in [6.07, 6.45) is 2.38. The van der Waals surface area contributed by atoms with Gasteiger partial charge in [-0.15, -0.1) is 5.10 Å². The highest BCUT2D eigenvalue weighted by Gasteiger charge is 2.36. The molecule has 1 amide bonds. The number of piperidine rings is 1. The Kier molecular flexibility index (Phi) is 4.45. The molecule has 1 saturated heterocycles. The zero-order valence-electron chi connectivity index (χ0n) is 14.6. The second-order valence-corrected chi connectivity index (χ2v) is 6.71. The molecule has 0 saturated carbocycles. The summed E-state index contributed by atoms with van der Waals surface area (Å²) in [6, 6.07) is 15.3. The highest BCUT2D eigenvalue weighted by atomic mass is 19.1. The maximum Gasteiger partial charge on any atom is 0.276 e. The van der Waals surface area contributed by atoms with Gasteiger partial charge in [-0.2, -0.15) is 0 Å². The van der Waals surface area contributed by atoms with Gasteiger partial charge in [-0.05, 0) is 42.7 Å². The van der Waals surface area contributed by atoms with E-state index in [0.717, 1.165) is 5.69 Å². The Balaban J connectivity index is 1.44. The average molecular weight is 366 g/mol. The van der Waals surface area contributed by atoms with Crippen molar-refractivity contribution in [3.8, 4) is 5.69 Å². The van der Waals surface area contributed by atoms with Crippen LogP contribution in [0.25, 0.3) is 5.69 Å². The first-order valence-corrected chi connectivity index (χ1v) is 8.81. The summed E-state index contributed by atoms with van der Waals surface area (Å²) in [5, 5.41) is 18.9. The van der Waals surface area contributed by atoms with Crippen LogP contribution in [0.4, 0.5) is 4.39 Å². The Bertz CT molecular complexity index is 932. The third-order valence-electron chi connectivity index (χ3n) is 4.99. The monoisotopic (exact) mass is 366 g/mol. The number of rotatable bonds is 3. The van der Waals surface area contributed by atoms with Crippen molar-refractivity contribution in [2.75, 3.05) is 13.1 Å². The van der Waals surface area contributed by atoms with Crippen molar-refractivity contribution in [1.82, 2.24) is 19.9 Å². The maximum atomic E-state index is 13.1. The number of amides is 1. The van der Waals surface area contributed by atoms with Gasteiger partial charge >= 0.3 is 0 Å². The number of aromatic nitrogens is 3. The van der Waals surface area contributed by atoms with Crippen LogP contribution in [0.1, 0.15) is 28.9 Å². The summed E-state index contributed by atoms with van der Waals surface area (Å²) >= 11 is 0. The van der Waals surface area contributed by atoms with Crippen LogP contribution < -0.4 is 0 Å². The molecule has 0 radical (unpaired) electrons. The molecule has 0 bridgehead atoms. The Morgan fingerprint density at radius 3 is 2.37 bits per heavy atom. The normalized spacial score (nSPS) is 16.3. The quantitative estimate of drug-likeness (QED) is 0.773. The summed E-state index contributed by atoms with van der Waals surface area (Å²) in [6.45, 7) is 0.788. The topological polar surface area (TPSA) is 71.2 Å². The van der Waals surface area contributed by atoms with Crippen LogP contribution in [-0.2, 0) is 5.60 Å². The first-order chi connectivity index (χ1) is 13.0. The van der Waals surface area contributed by atoms with Gasteiger partial charge in [0.25, 0.3) is 5.91 Å². The minimum atomic E-state index is -1.05. The van der Waals surface area contributed by atoms with E-state index in [2.05, 4.69) is 10.3 Å². The Morgan fingerprint density at radius 1 is 1.04 bits per heavy atom. The Labute approximate surface area is 155 Å². The van der Waals surface area contributed by atoms with Gasteiger partial charge in [0.1, 0.15) is 5.82 Å². The molecule has 3 aromatic rings. The number of hydrogen-bond donors (Lipinski definition) is 1. The summed E-state index contributed by atoms with van der Waals surface area (Å²) in [4.78, 5) is 14.4. The molecule has 138 valence electrons. The Hall–Kier alpha value is -3.06. The largest absolute Gasteiger partial charge is 0.385 e. The second-order valence-electron chi connectivity index (χ2n) is 6.71. The molecule has 1 N–H and O–H groups in total. The fraction of sp³-hybridized carbons (Fsp3) is 0.250. The molecule has 6 nitrogen and oxygen atoms in total. The molecule has 0 atom stereocenters. The smallest absolute Gasteiger partial charge is 0.276 e. The molecule has 27 heavy (non-hydrogen) atoms. The molecule has 0 aliphatic carbocycles. The summed E-state index contributed by atoms with van der Waals surface area (Å²) in [5.41, 5.74) is 0.719. The van der Waals surface area contributed by atoms with Crippen molar-refractivity contribution in [2.24, 2.45) is 0 Å². The van der Waals surface area contributed by atoms with Crippen molar-refractivity contribution in [3.63, 3.8) is 0 Å². The number of benzene rings is 2. The first kappa shape index (κ1) is 17.4. The zero-order valence-corrected chi connectivity index (χ0v) is 14.6. The summed E-state index contributed by atoms with van der Waals surface area (Å²) < 4.78 is 14.7. The molecule has 1 aliphatic heterocycles. The molecule has 1 fully saturated rings. The van der Waals surface area contributed by atoms with E-state index in [1.165, 1.54) is 12.1 Å². The van der Waals surface area contributed by atoms with E-state index < -0.39 is 5.60 Å². The standard InChI is InChI=1S/C20H19FN4O2/c21-16-8-6-15(7-9-16)20(27)10-12-24(13-11-20)19(26)18-14-25(23-22-18)17-4-2-1-3-5-17/h1-9,14,27H,10-13H2. The van der Waals surface area contributed by atoms with E-state index in [4.69, 9.17) is 0 Å². The van der Waals surface area contributed by atoms with Crippen LogP contribution in [0.5, 0.6) is 0 Å². The fourth-order valence-electron chi connectivity index (χ4n) is 3.36. The van der Waals surface area contributed by atoms with Crippen molar-refractivity contribution >= 4 is 5.91 Å². The fourth-order valence-corrected chi connectivity index (χ4v) is 3.36. The molecule has 1 aromatic heterocycles. The van der Waals surface area contributed by atoms with Crippen LogP contribution in [0, 0.1) is 5.82 Å². The average Bonchev–Trinajstić information content (AvgIpc) is 3.19. The van der Waals surface area contributed by atoms with Gasteiger partial charge in [0, 0.05) is 13.1 Å². The van der Waals surface area contributed by atoms with E-state index in [1.54, 1.807) is 27.9 Å². The van der Waals surface area contributed by atoms with Gasteiger partial charge in [-0.3, -0.25) is 4.79 Å². The lowest BCUT2D eigenvalue weighted by atomic mass is 9.84. The lowest BCUT2D eigenvalue weighted by molar-refractivity contribution is -0.0213. The van der Waals surface area contributed by atoms with E-state index in [-0.39, 0.29) is 17.4 Å². The Morgan fingerprint density at radius 2 is 1.70 bits per heavy atom. The number of halogens is 1. The predicted octanol–water partition coefficient (Wildman–Crippen LogP) is 2.53. The van der Waals surface area contributed by atoms with E-state index in [1.807, 2.05) is 30.3 Å². The van der Waals surface area contributed by atoms with Gasteiger partial charge in [-0.1, -0.05) is 35.5 Å². The van der Waals surface area contributed by atoms with Gasteiger partial charge in [0.05, 0.1) is 17.5 Å². The lowest BCUT2D eigenvalue weighted by Gasteiger charge is -2.38. The number of likely N-dealkylation sites (tertiary alicyclic amines) is 1. The third-order valence-corrected chi connectivity index (χ3v) is 4.99. The van der Waals surface area contributed by atoms with Crippen molar-refractivity contribution in [1.29, 1.82) is 0 Å². The van der Waals surface area contributed by atoms with Crippen molar-refractivity contribution in [3.05, 3.63) is 77.9 Å². The minimum absolute atomic E-state index is 0.210. The van der Waals surface area contributed by atoms with E-state index in [9.17, 15) is 14.3 Å². The SMILES string of the molecule is O=C(c1cn(-c2ccccc2)nn1)N1CCC(O)(c2ccc(F)cc2)CC1. The highest BCUT2D eigenvalue weighted by molar-refractivity contribution is 5.92. The van der Waals surface area contributed by atoms with E-state index >= 15 is 0 Å². The van der Waals surface area contributed by atoms with Crippen LogP contribution in [-0.4, -0.2) is 44.0 Å². The predicted molar refractivity (Wildman–Crippen MR) is 96.8 cm³/mol. The van der Waals surface area contributed by atoms with Gasteiger partial charge in [0.15, 0.2) is 5.69 Å². The highest BCUT2D eigenvalue weighted by Crippen LogP contribution is 2.33. The summed E-state index contributed by atoms with van der Waals surface area (Å²) in [5.74, 6) is -0.546. The van der Waals surface area contributed by atoms with Crippen molar-refractivity contribution in [2.45, 2.75) is 18.4 Å². The molecule has 7 heteroatoms. The number of hydrogen-bond acceptors (Lipinski definition) is 4. The van der Waals surface area contributed by atoms with Crippen LogP contribution in [0.3, 0.4) is 0 Å². The van der Waals surface area contributed by atoms with E-state index in [0.29, 0.717) is 31.5 Å². The number of aliphatic hydroxyl groups is 1. The van der Waals surface area contributed by atoms with Crippen LogP contribution in [0.15, 0.2) is 60.8 Å². The molecular weight excluding hydrogens is 347 g/mol. The lowest BCUT2D eigenvalue weighted by Crippen LogP contribution is -2.45. The van der Waals surface area contributed by atoms with Crippen LogP contribution >= 0.6 is 0 Å². The van der Waals surface area contributed by atoms with Gasteiger partial charge < -0.3 is 10.0 Å². The molecule has 2 heterocycles. The number of nitrogens with zero attached hydrogens (tertiary/aromatic N) is 4. The number of carbonyl (C=O) groups is 1. The van der Waals surface area contributed by atoms with Gasteiger partial charge in [0.2, 0.25) is 0 Å². The molecule has 0 unspecified atom stereocenters. The zero-order chi connectivity index (χ0) is 18.9. The third kappa shape index (κ3) is 3.46. The van der Waals surface area contributed by atoms with Crippen LogP contribution in [0.2, 0.25) is 0 Å². The molecular formula is C20H19FN4O2.